The molecular weight excluding hydrogens is 199 g/mol. The maximum absolute atomic E-state index is 11.8. The first kappa shape index (κ1) is 13.0. The Labute approximate surface area is 80.1 Å². The topological polar surface area (TPSA) is 29.5 Å². The summed E-state index contributed by atoms with van der Waals surface area (Å²) in [6, 6.07) is 0. The van der Waals surface area contributed by atoms with Crippen LogP contribution in [0.4, 0.5) is 13.2 Å². The SMILES string of the molecule is CON(C)C(=O)C=C(C)CC(F)(F)F. The van der Waals surface area contributed by atoms with Crippen LogP contribution in [0.1, 0.15) is 13.3 Å². The molecule has 0 aromatic carbocycles. The smallest absolute Gasteiger partial charge is 0.274 e. The predicted molar refractivity (Wildman–Crippen MR) is 44.2 cm³/mol. The van der Waals surface area contributed by atoms with Gasteiger partial charge in [0.1, 0.15) is 0 Å². The molecule has 0 aromatic heterocycles. The summed E-state index contributed by atoms with van der Waals surface area (Å²) in [5, 5.41) is 0.847. The van der Waals surface area contributed by atoms with Gasteiger partial charge < -0.3 is 0 Å². The van der Waals surface area contributed by atoms with Crippen molar-refractivity contribution in [1.82, 2.24) is 5.06 Å². The highest BCUT2D eigenvalue weighted by Gasteiger charge is 2.27. The molecule has 0 saturated heterocycles. The number of likely N-dealkylation sites (N-methyl/N-ethyl adjacent to an activating group) is 1. The average molecular weight is 211 g/mol. The Kier molecular flexibility index (Phi) is 4.62. The normalized spacial score (nSPS) is 12.9. The number of alkyl halides is 3. The molecule has 0 N–H and O–H groups in total. The lowest BCUT2D eigenvalue weighted by Crippen LogP contribution is -2.23. The van der Waals surface area contributed by atoms with Crippen LogP contribution in [-0.2, 0) is 9.63 Å². The van der Waals surface area contributed by atoms with E-state index >= 15 is 0 Å². The summed E-state index contributed by atoms with van der Waals surface area (Å²) in [6.45, 7) is 1.24. The highest BCUT2D eigenvalue weighted by Crippen LogP contribution is 2.23. The van der Waals surface area contributed by atoms with Gasteiger partial charge in [0.15, 0.2) is 0 Å². The van der Waals surface area contributed by atoms with Gasteiger partial charge in [0.2, 0.25) is 0 Å². The first-order valence-corrected chi connectivity index (χ1v) is 3.82. The number of carbonyl (C=O) groups is 1. The van der Waals surface area contributed by atoms with Crippen LogP contribution in [0.25, 0.3) is 0 Å². The van der Waals surface area contributed by atoms with Gasteiger partial charge in [0, 0.05) is 13.1 Å². The van der Waals surface area contributed by atoms with Gasteiger partial charge in [-0.05, 0) is 6.92 Å². The number of amides is 1. The minimum Gasteiger partial charge on any atom is -0.274 e. The third kappa shape index (κ3) is 5.58. The van der Waals surface area contributed by atoms with E-state index in [1.807, 2.05) is 0 Å². The summed E-state index contributed by atoms with van der Waals surface area (Å²) in [4.78, 5) is 15.5. The lowest BCUT2D eigenvalue weighted by molar-refractivity contribution is -0.162. The van der Waals surface area contributed by atoms with Gasteiger partial charge in [-0.25, -0.2) is 5.06 Å². The summed E-state index contributed by atoms with van der Waals surface area (Å²) in [6.07, 6.45) is -4.47. The number of rotatable bonds is 3. The van der Waals surface area contributed by atoms with Crippen LogP contribution in [0.2, 0.25) is 0 Å². The average Bonchev–Trinajstić information content (AvgIpc) is 1.99. The Bertz CT molecular complexity index is 235. The van der Waals surface area contributed by atoms with Crippen molar-refractivity contribution >= 4 is 5.91 Å². The van der Waals surface area contributed by atoms with Crippen molar-refractivity contribution in [2.24, 2.45) is 0 Å². The van der Waals surface area contributed by atoms with E-state index in [0.29, 0.717) is 0 Å². The first-order valence-electron chi connectivity index (χ1n) is 3.82. The van der Waals surface area contributed by atoms with E-state index in [-0.39, 0.29) is 5.57 Å². The van der Waals surface area contributed by atoms with Gasteiger partial charge in [0.25, 0.3) is 5.91 Å². The van der Waals surface area contributed by atoms with Crippen LogP contribution in [-0.4, -0.2) is 31.3 Å². The third-order valence-corrected chi connectivity index (χ3v) is 1.43. The van der Waals surface area contributed by atoms with E-state index in [1.165, 1.54) is 21.1 Å². The number of allylic oxidation sites excluding steroid dienone is 1. The summed E-state index contributed by atoms with van der Waals surface area (Å²) in [5.74, 6) is -0.616. The molecule has 0 fully saturated rings. The van der Waals surface area contributed by atoms with Gasteiger partial charge in [-0.2, -0.15) is 13.2 Å². The number of hydroxylamine groups is 2. The zero-order valence-corrected chi connectivity index (χ0v) is 8.18. The van der Waals surface area contributed by atoms with Crippen molar-refractivity contribution in [3.63, 3.8) is 0 Å². The molecule has 0 spiro atoms. The fraction of sp³-hybridized carbons (Fsp3) is 0.625. The highest BCUT2D eigenvalue weighted by atomic mass is 19.4. The molecule has 1 amide bonds. The Morgan fingerprint density at radius 1 is 1.50 bits per heavy atom. The summed E-state index contributed by atoms with van der Waals surface area (Å²) in [7, 11) is 2.57. The van der Waals surface area contributed by atoms with E-state index in [9.17, 15) is 18.0 Å². The Morgan fingerprint density at radius 3 is 2.36 bits per heavy atom. The molecule has 6 heteroatoms. The molecule has 82 valence electrons. The maximum atomic E-state index is 11.8. The molecule has 0 unspecified atom stereocenters. The van der Waals surface area contributed by atoms with Crippen LogP contribution < -0.4 is 0 Å². The van der Waals surface area contributed by atoms with Gasteiger partial charge >= 0.3 is 6.18 Å². The lowest BCUT2D eigenvalue weighted by atomic mass is 10.2. The standard InChI is InChI=1S/C8H12F3NO2/c1-6(5-8(9,10)11)4-7(13)12(2)14-3/h4H,5H2,1-3H3. The van der Waals surface area contributed by atoms with Crippen molar-refractivity contribution in [3.8, 4) is 0 Å². The minimum atomic E-state index is -4.29. The zero-order chi connectivity index (χ0) is 11.4. The van der Waals surface area contributed by atoms with Crippen molar-refractivity contribution in [2.75, 3.05) is 14.2 Å². The lowest BCUT2D eigenvalue weighted by Gasteiger charge is -2.12. The summed E-state index contributed by atoms with van der Waals surface area (Å²) in [5.41, 5.74) is -0.0496. The Hall–Kier alpha value is -1.04. The molecule has 0 aliphatic heterocycles. The molecule has 0 aliphatic rings. The van der Waals surface area contributed by atoms with Crippen molar-refractivity contribution in [3.05, 3.63) is 11.6 Å². The van der Waals surface area contributed by atoms with Crippen molar-refractivity contribution < 1.29 is 22.8 Å². The van der Waals surface area contributed by atoms with Gasteiger partial charge in [-0.15, -0.1) is 0 Å². The van der Waals surface area contributed by atoms with Crippen LogP contribution in [0, 0.1) is 0 Å². The number of carbonyl (C=O) groups excluding carboxylic acids is 1. The molecule has 0 aliphatic carbocycles. The Balaban J connectivity index is 4.31. The maximum Gasteiger partial charge on any atom is 0.392 e. The van der Waals surface area contributed by atoms with E-state index in [2.05, 4.69) is 4.84 Å². The second kappa shape index (κ2) is 4.99. The summed E-state index contributed by atoms with van der Waals surface area (Å²) >= 11 is 0. The zero-order valence-electron chi connectivity index (χ0n) is 8.18. The molecular formula is C8H12F3NO2. The van der Waals surface area contributed by atoms with Gasteiger partial charge in [-0.1, -0.05) is 5.57 Å². The minimum absolute atomic E-state index is 0.0496. The number of halogens is 3. The largest absolute Gasteiger partial charge is 0.392 e. The third-order valence-electron chi connectivity index (χ3n) is 1.43. The van der Waals surface area contributed by atoms with Crippen LogP contribution in [0.3, 0.4) is 0 Å². The molecule has 0 radical (unpaired) electrons. The van der Waals surface area contributed by atoms with Gasteiger partial charge in [0.05, 0.1) is 13.5 Å². The molecule has 0 aromatic rings. The molecule has 0 saturated carbocycles. The van der Waals surface area contributed by atoms with E-state index in [0.717, 1.165) is 11.1 Å². The molecule has 14 heavy (non-hydrogen) atoms. The van der Waals surface area contributed by atoms with Crippen LogP contribution in [0.15, 0.2) is 11.6 Å². The first-order chi connectivity index (χ1) is 6.26. The van der Waals surface area contributed by atoms with E-state index < -0.39 is 18.5 Å². The van der Waals surface area contributed by atoms with Gasteiger partial charge in [-0.3, -0.25) is 9.63 Å². The highest BCUT2D eigenvalue weighted by molar-refractivity contribution is 5.87. The number of nitrogens with zero attached hydrogens (tertiary/aromatic N) is 1. The van der Waals surface area contributed by atoms with E-state index in [1.54, 1.807) is 0 Å². The molecule has 0 atom stereocenters. The fourth-order valence-corrected chi connectivity index (χ4v) is 0.759. The predicted octanol–water partition coefficient (Wildman–Crippen LogP) is 1.90. The number of hydrogen-bond donors (Lipinski definition) is 0. The van der Waals surface area contributed by atoms with Crippen LogP contribution in [0.5, 0.6) is 0 Å². The fourth-order valence-electron chi connectivity index (χ4n) is 0.759. The van der Waals surface area contributed by atoms with E-state index in [4.69, 9.17) is 0 Å². The number of hydrogen-bond acceptors (Lipinski definition) is 2. The quantitative estimate of drug-likeness (QED) is 0.527. The Morgan fingerprint density at radius 2 is 2.00 bits per heavy atom. The second-order valence-electron chi connectivity index (χ2n) is 2.80. The second-order valence-corrected chi connectivity index (χ2v) is 2.80. The summed E-state index contributed by atoms with van der Waals surface area (Å²) < 4.78 is 35.5. The molecule has 3 nitrogen and oxygen atoms in total. The molecule has 0 bridgehead atoms. The molecule has 0 heterocycles. The molecule has 0 rings (SSSR count). The van der Waals surface area contributed by atoms with Crippen LogP contribution >= 0.6 is 0 Å². The van der Waals surface area contributed by atoms with Crippen molar-refractivity contribution in [2.45, 2.75) is 19.5 Å². The monoisotopic (exact) mass is 211 g/mol. The van der Waals surface area contributed by atoms with Crippen molar-refractivity contribution in [1.29, 1.82) is 0 Å².